The molecule has 0 aromatic carbocycles. The molecule has 0 heterocycles. The van der Waals surface area contributed by atoms with Gasteiger partial charge in [0.25, 0.3) is 0 Å². The van der Waals surface area contributed by atoms with Crippen LogP contribution in [0.25, 0.3) is 0 Å². The highest BCUT2D eigenvalue weighted by molar-refractivity contribution is 5.77. The highest BCUT2D eigenvalue weighted by Crippen LogP contribution is 2.18. The third-order valence-corrected chi connectivity index (χ3v) is 11.3. The molecule has 0 spiro atoms. The Morgan fingerprint density at radius 1 is 0.526 bits per heavy atom. The number of rotatable bonds is 44. The van der Waals surface area contributed by atoms with Gasteiger partial charge in [-0.3, -0.25) is 9.59 Å². The van der Waals surface area contributed by atoms with Crippen LogP contribution >= 0.6 is 0 Å². The van der Waals surface area contributed by atoms with Crippen LogP contribution in [0, 0.1) is 0 Å². The summed E-state index contributed by atoms with van der Waals surface area (Å²) in [6, 6.07) is -0.701. The number of esters is 1. The number of aliphatic hydroxyl groups is 2. The first kappa shape index (κ1) is 55.1. The lowest BCUT2D eigenvalue weighted by Crippen LogP contribution is -2.46. The van der Waals surface area contributed by atoms with Gasteiger partial charge in [-0.25, -0.2) is 0 Å². The summed E-state index contributed by atoms with van der Waals surface area (Å²) < 4.78 is 5.89. The molecule has 6 nitrogen and oxygen atoms in total. The molecule has 0 aliphatic rings. The highest BCUT2D eigenvalue weighted by Gasteiger charge is 2.24. The minimum atomic E-state index is -0.787. The molecular weight excluding hydrogens is 707 g/mol. The molecule has 0 fully saturated rings. The van der Waals surface area contributed by atoms with E-state index in [0.29, 0.717) is 19.3 Å². The molecule has 3 atom stereocenters. The molecule has 1 amide bonds. The van der Waals surface area contributed by atoms with Crippen LogP contribution < -0.4 is 5.32 Å². The smallest absolute Gasteiger partial charge is 0.306 e. The van der Waals surface area contributed by atoms with Gasteiger partial charge in [0.05, 0.1) is 25.2 Å². The SMILES string of the molecule is CC/C=C/C=C/C=C\CCCCCCCC(=O)OC(CCCCCCCCCCC)CC(=O)NC(CO)C(O)CCCCCCCCCCCCCCCCCC. The van der Waals surface area contributed by atoms with Gasteiger partial charge in [0.15, 0.2) is 0 Å². The molecular formula is C51H95NO5. The number of unbranched alkanes of at least 4 members (excludes halogenated alkanes) is 28. The van der Waals surface area contributed by atoms with Gasteiger partial charge in [-0.15, -0.1) is 0 Å². The Morgan fingerprint density at radius 3 is 1.42 bits per heavy atom. The maximum atomic E-state index is 13.1. The summed E-state index contributed by atoms with van der Waals surface area (Å²) in [6.45, 7) is 6.34. The molecule has 6 heteroatoms. The second-order valence-corrected chi connectivity index (χ2v) is 16.9. The van der Waals surface area contributed by atoms with Crippen LogP contribution in [0.15, 0.2) is 36.5 Å². The van der Waals surface area contributed by atoms with Crippen molar-refractivity contribution in [2.24, 2.45) is 0 Å². The summed E-state index contributed by atoms with van der Waals surface area (Å²) >= 11 is 0. The number of aliphatic hydroxyl groups excluding tert-OH is 2. The number of carbonyl (C=O) groups is 2. The van der Waals surface area contributed by atoms with Crippen molar-refractivity contribution < 1.29 is 24.5 Å². The topological polar surface area (TPSA) is 95.9 Å². The normalized spacial score (nSPS) is 13.6. The van der Waals surface area contributed by atoms with E-state index in [1.54, 1.807) is 0 Å². The van der Waals surface area contributed by atoms with Gasteiger partial charge < -0.3 is 20.3 Å². The van der Waals surface area contributed by atoms with Gasteiger partial charge in [-0.2, -0.15) is 0 Å². The van der Waals surface area contributed by atoms with Crippen molar-refractivity contribution in [3.8, 4) is 0 Å². The predicted molar refractivity (Wildman–Crippen MR) is 246 cm³/mol. The van der Waals surface area contributed by atoms with E-state index in [0.717, 1.165) is 70.6 Å². The fourth-order valence-electron chi connectivity index (χ4n) is 7.55. The van der Waals surface area contributed by atoms with E-state index in [1.807, 2.05) is 0 Å². The Balaban J connectivity index is 4.45. The molecule has 3 unspecified atom stereocenters. The van der Waals surface area contributed by atoms with Crippen LogP contribution in [0.4, 0.5) is 0 Å². The molecule has 0 aliphatic carbocycles. The van der Waals surface area contributed by atoms with Gasteiger partial charge in [0.1, 0.15) is 6.10 Å². The van der Waals surface area contributed by atoms with E-state index in [2.05, 4.69) is 62.5 Å². The molecule has 0 aromatic rings. The molecule has 57 heavy (non-hydrogen) atoms. The van der Waals surface area contributed by atoms with Crippen molar-refractivity contribution in [3.63, 3.8) is 0 Å². The number of hydrogen-bond donors (Lipinski definition) is 3. The Kier molecular flexibility index (Phi) is 43.6. The number of nitrogens with one attached hydrogen (secondary N) is 1. The second-order valence-electron chi connectivity index (χ2n) is 16.9. The Hall–Kier alpha value is -1.92. The summed E-state index contributed by atoms with van der Waals surface area (Å²) in [6.07, 6.45) is 52.1. The Morgan fingerprint density at radius 2 is 0.947 bits per heavy atom. The lowest BCUT2D eigenvalue weighted by Gasteiger charge is -2.24. The van der Waals surface area contributed by atoms with Crippen LogP contribution in [0.3, 0.4) is 0 Å². The van der Waals surface area contributed by atoms with E-state index in [4.69, 9.17) is 4.74 Å². The van der Waals surface area contributed by atoms with Gasteiger partial charge in [-0.1, -0.05) is 231 Å². The summed E-state index contributed by atoms with van der Waals surface area (Å²) in [7, 11) is 0. The van der Waals surface area contributed by atoms with Gasteiger partial charge in [0.2, 0.25) is 5.91 Å². The predicted octanol–water partition coefficient (Wildman–Crippen LogP) is 14.5. The van der Waals surface area contributed by atoms with Crippen molar-refractivity contribution in [3.05, 3.63) is 36.5 Å². The van der Waals surface area contributed by atoms with Gasteiger partial charge in [-0.05, 0) is 44.9 Å². The molecule has 334 valence electrons. The monoisotopic (exact) mass is 802 g/mol. The first-order valence-corrected chi connectivity index (χ1v) is 24.7. The second kappa shape index (κ2) is 45.2. The van der Waals surface area contributed by atoms with E-state index < -0.39 is 18.2 Å². The lowest BCUT2D eigenvalue weighted by molar-refractivity contribution is -0.151. The van der Waals surface area contributed by atoms with Gasteiger partial charge >= 0.3 is 5.97 Å². The summed E-state index contributed by atoms with van der Waals surface area (Å²) in [5.41, 5.74) is 0. The zero-order valence-electron chi connectivity index (χ0n) is 38.0. The summed E-state index contributed by atoms with van der Waals surface area (Å²) in [4.78, 5) is 26.0. The van der Waals surface area contributed by atoms with Crippen LogP contribution in [-0.2, 0) is 14.3 Å². The lowest BCUT2D eigenvalue weighted by atomic mass is 10.0. The third-order valence-electron chi connectivity index (χ3n) is 11.3. The molecule has 0 bridgehead atoms. The third kappa shape index (κ3) is 40.6. The van der Waals surface area contributed by atoms with E-state index in [-0.39, 0.29) is 24.9 Å². The van der Waals surface area contributed by atoms with Gasteiger partial charge in [0, 0.05) is 6.42 Å². The number of ether oxygens (including phenoxy) is 1. The Bertz CT molecular complexity index is 946. The molecule has 0 aliphatic heterocycles. The number of carbonyl (C=O) groups excluding carboxylic acids is 2. The van der Waals surface area contributed by atoms with Crippen molar-refractivity contribution in [2.45, 2.75) is 270 Å². The van der Waals surface area contributed by atoms with Crippen molar-refractivity contribution in [1.82, 2.24) is 5.32 Å². The summed E-state index contributed by atoms with van der Waals surface area (Å²) in [5, 5.41) is 23.7. The maximum absolute atomic E-state index is 13.1. The zero-order chi connectivity index (χ0) is 41.7. The molecule has 0 aromatic heterocycles. The number of amides is 1. The number of hydrogen-bond acceptors (Lipinski definition) is 5. The van der Waals surface area contributed by atoms with Crippen LogP contribution in [-0.4, -0.2) is 46.9 Å². The van der Waals surface area contributed by atoms with E-state index in [1.165, 1.54) is 135 Å². The van der Waals surface area contributed by atoms with Crippen molar-refractivity contribution in [1.29, 1.82) is 0 Å². The average molecular weight is 802 g/mol. The Labute approximate surface area is 353 Å². The van der Waals surface area contributed by atoms with Crippen LogP contribution in [0.5, 0.6) is 0 Å². The van der Waals surface area contributed by atoms with Crippen molar-refractivity contribution in [2.75, 3.05) is 6.61 Å². The first-order valence-electron chi connectivity index (χ1n) is 24.7. The fraction of sp³-hybridized carbons (Fsp3) is 0.843. The maximum Gasteiger partial charge on any atom is 0.306 e. The average Bonchev–Trinajstić information content (AvgIpc) is 3.20. The van der Waals surface area contributed by atoms with E-state index in [9.17, 15) is 19.8 Å². The molecule has 0 saturated carbocycles. The molecule has 0 saturated heterocycles. The zero-order valence-corrected chi connectivity index (χ0v) is 38.0. The highest BCUT2D eigenvalue weighted by atomic mass is 16.5. The standard InChI is InChI=1S/C51H95NO5/c1-4-7-10-13-16-19-21-23-24-25-27-28-31-34-37-40-43-49(54)48(46-53)52-50(55)45-47(42-39-36-33-30-18-15-12-9-6-3)57-51(56)44-41-38-35-32-29-26-22-20-17-14-11-8-5-2/h8,11,14,17,20,22,47-49,53-54H,4-7,9-10,12-13,15-16,18-19,21,23-46H2,1-3H3,(H,52,55)/b11-8+,17-14+,22-20-. The van der Waals surface area contributed by atoms with Crippen LogP contribution in [0.2, 0.25) is 0 Å². The largest absolute Gasteiger partial charge is 0.462 e. The fourth-order valence-corrected chi connectivity index (χ4v) is 7.55. The quantitative estimate of drug-likeness (QED) is 0.0324. The molecule has 0 rings (SSSR count). The minimum absolute atomic E-state index is 0.0720. The first-order chi connectivity index (χ1) is 28.0. The molecule has 3 N–H and O–H groups in total. The minimum Gasteiger partial charge on any atom is -0.462 e. The summed E-state index contributed by atoms with van der Waals surface area (Å²) in [5.74, 6) is -0.492. The van der Waals surface area contributed by atoms with Crippen molar-refractivity contribution >= 4 is 11.9 Å². The number of allylic oxidation sites excluding steroid dienone is 6. The molecule has 0 radical (unpaired) electrons. The van der Waals surface area contributed by atoms with E-state index >= 15 is 0 Å². The van der Waals surface area contributed by atoms with Crippen LogP contribution in [0.1, 0.15) is 252 Å².